The summed E-state index contributed by atoms with van der Waals surface area (Å²) in [5.41, 5.74) is 15.0. The third-order valence-corrected chi connectivity index (χ3v) is 4.91. The van der Waals surface area contributed by atoms with Crippen molar-refractivity contribution in [1.82, 2.24) is 19.7 Å². The first-order valence-corrected chi connectivity index (χ1v) is 10.3. The van der Waals surface area contributed by atoms with E-state index < -0.39 is 0 Å². The summed E-state index contributed by atoms with van der Waals surface area (Å²) in [5, 5.41) is 3.46. The molecule has 4 rings (SSSR count). The second-order valence-corrected chi connectivity index (χ2v) is 7.93. The number of nitrogen functional groups attached to an aromatic ring is 1. The Balaban J connectivity index is 0.000000201. The molecule has 1 amide bonds. The van der Waals surface area contributed by atoms with Gasteiger partial charge in [0.25, 0.3) is 0 Å². The second-order valence-electron chi connectivity index (χ2n) is 7.52. The number of H-pyrrole nitrogens is 1. The lowest BCUT2D eigenvalue weighted by molar-refractivity contribution is -0.106. The Morgan fingerprint density at radius 1 is 1.29 bits per heavy atom. The molecule has 0 radical (unpaired) electrons. The molecule has 0 saturated heterocycles. The number of hydrogen-bond donors (Lipinski definition) is 4. The number of hydrogen-bond acceptors (Lipinski definition) is 5. The zero-order chi connectivity index (χ0) is 23.1. The number of primary amides is 1. The van der Waals surface area contributed by atoms with Gasteiger partial charge >= 0.3 is 0 Å². The van der Waals surface area contributed by atoms with Crippen LogP contribution in [0.1, 0.15) is 37.2 Å². The van der Waals surface area contributed by atoms with Crippen LogP contribution >= 0.6 is 12.2 Å². The summed E-state index contributed by atoms with van der Waals surface area (Å²) in [6.07, 6.45) is 7.17. The van der Waals surface area contributed by atoms with Gasteiger partial charge in [-0.1, -0.05) is 18.3 Å². The van der Waals surface area contributed by atoms with Gasteiger partial charge in [-0.25, -0.2) is 9.37 Å². The molecule has 0 spiro atoms. The molecule has 3 aromatic rings. The van der Waals surface area contributed by atoms with Crippen LogP contribution < -0.4 is 16.8 Å². The highest BCUT2D eigenvalue weighted by Gasteiger charge is 2.16. The molecule has 7 nitrogen and oxygen atoms in total. The molecule has 2 atom stereocenters. The van der Waals surface area contributed by atoms with Crippen molar-refractivity contribution in [3.8, 4) is 0 Å². The number of imidazole rings is 1. The fraction of sp³-hybridized carbons (Fsp3) is 0.318. The Morgan fingerprint density at radius 3 is 2.58 bits per heavy atom. The van der Waals surface area contributed by atoms with E-state index in [2.05, 4.69) is 40.9 Å². The summed E-state index contributed by atoms with van der Waals surface area (Å²) >= 11 is 5.15. The predicted octanol–water partition coefficient (Wildman–Crippen LogP) is 3.67. The van der Waals surface area contributed by atoms with Crippen LogP contribution in [0.5, 0.6) is 0 Å². The molecule has 0 fully saturated rings. The van der Waals surface area contributed by atoms with Crippen LogP contribution in [-0.4, -0.2) is 32.9 Å². The van der Waals surface area contributed by atoms with Crippen molar-refractivity contribution >= 4 is 35.5 Å². The summed E-state index contributed by atoms with van der Waals surface area (Å²) in [6.45, 7) is 8.05. The van der Waals surface area contributed by atoms with Crippen LogP contribution in [0, 0.1) is 24.3 Å². The van der Waals surface area contributed by atoms with Crippen LogP contribution in [0.2, 0.25) is 0 Å². The standard InChI is InChI=1S/C12H17N3S.C9H9FN2.CH3NO/c1-7-5-9(6-8(2)14-7)11-4-3-10(13)12(16)15-11;1-6-3-8(10)9-11-7(2)5-12(9)4-6;2-1-3/h3-5,7-8,14H,6,13H2,1-2H3,(H,15,16);3-5H,1-2H3;1H,(H2,2,3). The van der Waals surface area contributed by atoms with Crippen molar-refractivity contribution < 1.29 is 9.18 Å². The minimum atomic E-state index is -0.261. The summed E-state index contributed by atoms with van der Waals surface area (Å²) < 4.78 is 15.5. The van der Waals surface area contributed by atoms with Crippen molar-refractivity contribution in [1.29, 1.82) is 0 Å². The van der Waals surface area contributed by atoms with Gasteiger partial charge in [0, 0.05) is 30.2 Å². The molecule has 0 bridgehead atoms. The van der Waals surface area contributed by atoms with Gasteiger partial charge in [-0.05, 0) is 63.5 Å². The number of pyridine rings is 2. The van der Waals surface area contributed by atoms with E-state index in [1.54, 1.807) is 4.40 Å². The largest absolute Gasteiger partial charge is 0.396 e. The zero-order valence-corrected chi connectivity index (χ0v) is 19.0. The van der Waals surface area contributed by atoms with Gasteiger partial charge < -0.3 is 26.2 Å². The molecule has 166 valence electrons. The monoisotopic (exact) mass is 444 g/mol. The van der Waals surface area contributed by atoms with Gasteiger partial charge in [0.2, 0.25) is 6.41 Å². The van der Waals surface area contributed by atoms with Crippen LogP contribution in [0.15, 0.2) is 36.7 Å². The predicted molar refractivity (Wildman–Crippen MR) is 126 cm³/mol. The van der Waals surface area contributed by atoms with Gasteiger partial charge in [0.1, 0.15) is 4.64 Å². The first-order valence-electron chi connectivity index (χ1n) is 9.87. The molecule has 4 heterocycles. The van der Waals surface area contributed by atoms with Crippen LogP contribution in [0.25, 0.3) is 11.2 Å². The number of nitrogens with two attached hydrogens (primary N) is 2. The van der Waals surface area contributed by atoms with Gasteiger partial charge in [-0.3, -0.25) is 4.79 Å². The van der Waals surface area contributed by atoms with Gasteiger partial charge in [-0.15, -0.1) is 0 Å². The number of aryl methyl sites for hydroxylation is 2. The quantitative estimate of drug-likeness (QED) is 0.338. The van der Waals surface area contributed by atoms with Gasteiger partial charge in [0.15, 0.2) is 11.5 Å². The van der Waals surface area contributed by atoms with E-state index in [4.69, 9.17) is 22.7 Å². The van der Waals surface area contributed by atoms with Crippen LogP contribution in [0.4, 0.5) is 10.1 Å². The molecule has 0 aromatic carbocycles. The number of amides is 1. The number of fused-ring (bicyclic) bond motifs is 1. The van der Waals surface area contributed by atoms with E-state index in [1.807, 2.05) is 38.4 Å². The number of nitrogens with zero attached hydrogens (tertiary/aromatic N) is 2. The molecule has 31 heavy (non-hydrogen) atoms. The molecule has 1 aliphatic rings. The van der Waals surface area contributed by atoms with E-state index in [9.17, 15) is 4.39 Å². The zero-order valence-electron chi connectivity index (χ0n) is 18.1. The van der Waals surface area contributed by atoms with Crippen molar-refractivity contribution in [2.75, 3.05) is 5.73 Å². The molecule has 2 unspecified atom stereocenters. The van der Waals surface area contributed by atoms with E-state index in [-0.39, 0.29) is 12.2 Å². The van der Waals surface area contributed by atoms with Crippen molar-refractivity contribution in [2.45, 2.75) is 46.2 Å². The van der Waals surface area contributed by atoms with Crippen molar-refractivity contribution in [3.05, 3.63) is 64.1 Å². The lowest BCUT2D eigenvalue weighted by atomic mass is 9.97. The highest BCUT2D eigenvalue weighted by atomic mass is 32.1. The summed E-state index contributed by atoms with van der Waals surface area (Å²) in [4.78, 5) is 15.8. The van der Waals surface area contributed by atoms with Crippen LogP contribution in [-0.2, 0) is 4.79 Å². The first kappa shape index (κ1) is 24.2. The number of carbonyl (C=O) groups excluding carboxylic acids is 1. The SMILES string of the molecule is CC1C=C(c2ccc(N)c(=S)[nH]2)CC(C)N1.Cc1cc(F)c2nc(C)cn2c1.NC=O. The Kier molecular flexibility index (Phi) is 8.47. The maximum absolute atomic E-state index is 13.2. The molecule has 0 saturated carbocycles. The van der Waals surface area contributed by atoms with Gasteiger partial charge in [-0.2, -0.15) is 0 Å². The fourth-order valence-electron chi connectivity index (χ4n) is 3.44. The summed E-state index contributed by atoms with van der Waals surface area (Å²) in [5.74, 6) is -0.261. The third-order valence-electron chi connectivity index (χ3n) is 4.57. The highest BCUT2D eigenvalue weighted by molar-refractivity contribution is 7.71. The molecule has 0 aliphatic carbocycles. The Hall–Kier alpha value is -3.04. The first-order chi connectivity index (χ1) is 14.6. The second kappa shape index (κ2) is 10.8. The average Bonchev–Trinajstić information content (AvgIpc) is 3.05. The molecule has 9 heteroatoms. The Bertz CT molecular complexity index is 1140. The third kappa shape index (κ3) is 6.73. The topological polar surface area (TPSA) is 114 Å². The van der Waals surface area contributed by atoms with Crippen molar-refractivity contribution in [2.24, 2.45) is 5.73 Å². The molecule has 1 aliphatic heterocycles. The lowest BCUT2D eigenvalue weighted by Crippen LogP contribution is -2.36. The number of anilines is 1. The van der Waals surface area contributed by atoms with E-state index in [1.165, 1.54) is 11.6 Å². The molecule has 3 aromatic heterocycles. The van der Waals surface area contributed by atoms with Crippen molar-refractivity contribution in [3.63, 3.8) is 0 Å². The number of halogens is 1. The molecular formula is C22H29FN6OS. The maximum atomic E-state index is 13.2. The smallest absolute Gasteiger partial charge is 0.204 e. The number of aromatic amines is 1. The number of aromatic nitrogens is 3. The van der Waals surface area contributed by atoms with E-state index >= 15 is 0 Å². The van der Waals surface area contributed by atoms with E-state index in [0.717, 1.165) is 23.4 Å². The summed E-state index contributed by atoms with van der Waals surface area (Å²) in [7, 11) is 0. The minimum absolute atomic E-state index is 0.250. The number of rotatable bonds is 1. The number of carbonyl (C=O) groups is 1. The maximum Gasteiger partial charge on any atom is 0.204 e. The normalized spacial score (nSPS) is 17.6. The van der Waals surface area contributed by atoms with Gasteiger partial charge in [0.05, 0.1) is 11.4 Å². The summed E-state index contributed by atoms with van der Waals surface area (Å²) in [6, 6.07) is 6.25. The molecular weight excluding hydrogens is 415 g/mol. The lowest BCUT2D eigenvalue weighted by Gasteiger charge is -2.25. The Morgan fingerprint density at radius 2 is 1.97 bits per heavy atom. The average molecular weight is 445 g/mol. The Labute approximate surface area is 186 Å². The highest BCUT2D eigenvalue weighted by Crippen LogP contribution is 2.23. The fourth-order valence-corrected chi connectivity index (χ4v) is 3.62. The van der Waals surface area contributed by atoms with E-state index in [0.29, 0.717) is 28.1 Å². The van der Waals surface area contributed by atoms with Crippen LogP contribution in [0.3, 0.4) is 0 Å². The molecule has 6 N–H and O–H groups in total. The minimum Gasteiger partial charge on any atom is -0.396 e. The number of nitrogens with one attached hydrogen (secondary N) is 2.